The Morgan fingerprint density at radius 1 is 1.22 bits per heavy atom. The van der Waals surface area contributed by atoms with E-state index >= 15 is 0 Å². The minimum Gasteiger partial charge on any atom is -0.504 e. The van der Waals surface area contributed by atoms with Crippen molar-refractivity contribution < 1.29 is 14.6 Å². The van der Waals surface area contributed by atoms with Gasteiger partial charge in [0.15, 0.2) is 16.7 Å². The van der Waals surface area contributed by atoms with Gasteiger partial charge in [0.1, 0.15) is 17.4 Å². The highest BCUT2D eigenvalue weighted by Gasteiger charge is 2.30. The molecule has 1 saturated carbocycles. The van der Waals surface area contributed by atoms with Crippen LogP contribution < -0.4 is 4.74 Å². The van der Waals surface area contributed by atoms with Crippen molar-refractivity contribution in [3.63, 3.8) is 0 Å². The van der Waals surface area contributed by atoms with E-state index in [1.165, 1.54) is 11.8 Å². The Balaban J connectivity index is 1.67. The third-order valence-electron chi connectivity index (χ3n) is 6.74. The predicted octanol–water partition coefficient (Wildman–Crippen LogP) is 4.74. The Bertz CT molecular complexity index is 1110. The zero-order valence-corrected chi connectivity index (χ0v) is 21.8. The Hall–Kier alpha value is -2.85. The average Bonchev–Trinajstić information content (AvgIpc) is 3.30. The summed E-state index contributed by atoms with van der Waals surface area (Å²) in [4.78, 5) is 32.4. The Kier molecular flexibility index (Phi) is 9.03. The maximum absolute atomic E-state index is 12.5. The van der Waals surface area contributed by atoms with Gasteiger partial charge in [0.05, 0.1) is 5.92 Å². The van der Waals surface area contributed by atoms with Gasteiger partial charge in [-0.2, -0.15) is 4.98 Å². The van der Waals surface area contributed by atoms with Gasteiger partial charge in [0.25, 0.3) is 0 Å². The maximum atomic E-state index is 12.5. The monoisotopic (exact) mass is 510 g/mol. The van der Waals surface area contributed by atoms with Crippen molar-refractivity contribution in [3.05, 3.63) is 35.9 Å². The largest absolute Gasteiger partial charge is 0.504 e. The summed E-state index contributed by atoms with van der Waals surface area (Å²) < 4.78 is 6.07. The number of ketones is 1. The molecule has 0 spiro atoms. The van der Waals surface area contributed by atoms with E-state index in [-0.39, 0.29) is 23.1 Å². The first-order valence-corrected chi connectivity index (χ1v) is 13.5. The number of aliphatic hydroxyl groups is 1. The van der Waals surface area contributed by atoms with Gasteiger partial charge in [-0.25, -0.2) is 15.0 Å². The zero-order chi connectivity index (χ0) is 25.5. The van der Waals surface area contributed by atoms with Gasteiger partial charge < -0.3 is 20.2 Å². The zero-order valence-electron chi connectivity index (χ0n) is 20.9. The molecule has 3 heterocycles. The van der Waals surface area contributed by atoms with E-state index in [2.05, 4.69) is 31.9 Å². The van der Waals surface area contributed by atoms with Crippen LogP contribution in [0.4, 0.5) is 0 Å². The van der Waals surface area contributed by atoms with Crippen molar-refractivity contribution in [2.45, 2.75) is 74.5 Å². The van der Waals surface area contributed by atoms with Crippen LogP contribution in [-0.2, 0) is 4.79 Å². The Morgan fingerprint density at radius 3 is 2.72 bits per heavy atom. The number of aliphatic hydroxyl groups excluding tert-OH is 1. The lowest BCUT2D eigenvalue weighted by Crippen LogP contribution is -2.30. The van der Waals surface area contributed by atoms with E-state index in [4.69, 9.17) is 10.1 Å². The summed E-state index contributed by atoms with van der Waals surface area (Å²) in [5.41, 5.74) is 0.611. The second-order valence-electron chi connectivity index (χ2n) is 9.34. The van der Waals surface area contributed by atoms with Gasteiger partial charge in [-0.05, 0) is 63.5 Å². The van der Waals surface area contributed by atoms with Gasteiger partial charge in [0, 0.05) is 42.2 Å². The molecule has 192 valence electrons. The van der Waals surface area contributed by atoms with E-state index in [1.54, 1.807) is 24.5 Å². The van der Waals surface area contributed by atoms with E-state index in [0.29, 0.717) is 60.0 Å². The van der Waals surface area contributed by atoms with Crippen LogP contribution in [0.3, 0.4) is 0 Å². The quantitative estimate of drug-likeness (QED) is 0.202. The molecule has 36 heavy (non-hydrogen) atoms. The van der Waals surface area contributed by atoms with Crippen LogP contribution in [0.25, 0.3) is 5.76 Å². The lowest BCUT2D eigenvalue weighted by molar-refractivity contribution is -0.122. The number of likely N-dealkylation sites (tertiary alicyclic amines) is 1. The number of allylic oxidation sites excluding steroid dienone is 1. The van der Waals surface area contributed by atoms with E-state index in [0.717, 1.165) is 32.2 Å². The molecule has 0 radical (unpaired) electrons. The van der Waals surface area contributed by atoms with Crippen LogP contribution in [0.2, 0.25) is 0 Å². The molecule has 0 unspecified atom stereocenters. The Morgan fingerprint density at radius 2 is 2.03 bits per heavy atom. The molecule has 2 atom stereocenters. The second kappa shape index (κ2) is 12.4. The molecular formula is C26H34N6O3S. The first-order chi connectivity index (χ1) is 17.5. The van der Waals surface area contributed by atoms with E-state index in [1.807, 2.05) is 6.92 Å². The van der Waals surface area contributed by atoms with Gasteiger partial charge in [-0.3, -0.25) is 4.79 Å². The van der Waals surface area contributed by atoms with Crippen molar-refractivity contribution in [1.82, 2.24) is 24.8 Å². The van der Waals surface area contributed by atoms with Crippen LogP contribution in [0.15, 0.2) is 40.3 Å². The first-order valence-electron chi connectivity index (χ1n) is 12.7. The van der Waals surface area contributed by atoms with Gasteiger partial charge >= 0.3 is 0 Å². The summed E-state index contributed by atoms with van der Waals surface area (Å²) in [6.45, 7) is 3.51. The minimum absolute atomic E-state index is 0.0730. The number of nitrogens with zero attached hydrogens (tertiary/aromatic N) is 5. The highest BCUT2D eigenvalue weighted by molar-refractivity contribution is 7.99. The molecule has 2 aromatic heterocycles. The lowest BCUT2D eigenvalue weighted by Gasteiger charge is -2.23. The number of hydrogen-bond acceptors (Lipinski definition) is 10. The summed E-state index contributed by atoms with van der Waals surface area (Å²) in [5.74, 6) is -0.141. The molecule has 1 aliphatic heterocycles. The van der Waals surface area contributed by atoms with Crippen LogP contribution in [0.5, 0.6) is 5.88 Å². The highest BCUT2D eigenvalue weighted by Crippen LogP contribution is 2.31. The first kappa shape index (κ1) is 26.2. The summed E-state index contributed by atoms with van der Waals surface area (Å²) in [7, 11) is 2.09. The van der Waals surface area contributed by atoms with Crippen molar-refractivity contribution in [1.29, 1.82) is 5.41 Å². The molecule has 10 heteroatoms. The van der Waals surface area contributed by atoms with Crippen molar-refractivity contribution in [2.75, 3.05) is 20.2 Å². The molecule has 2 fully saturated rings. The standard InChI is InChI=1S/C26H34N6O3S/c1-3-8-19(23(27)18-10-4-5-11-20(18)33)24(34)25-30-21(35-16-17-9-6-14-32(17)2)15-22(31-25)36-26-28-12-7-13-29-26/h7,12-13,15,17-18,27,34H,3-6,8-11,14,16H2,1-2H3/b24-19-,27-23?/t17-,18-/m0/s1. The molecule has 0 amide bonds. The number of hydrogen-bond donors (Lipinski definition) is 2. The smallest absolute Gasteiger partial charge is 0.218 e. The third kappa shape index (κ3) is 6.47. The second-order valence-corrected chi connectivity index (χ2v) is 10.3. The minimum atomic E-state index is -0.480. The maximum Gasteiger partial charge on any atom is 0.218 e. The summed E-state index contributed by atoms with van der Waals surface area (Å²) in [6, 6.07) is 3.77. The van der Waals surface area contributed by atoms with Gasteiger partial charge in [-0.15, -0.1) is 0 Å². The topological polar surface area (TPSA) is 125 Å². The Labute approximate surface area is 216 Å². The van der Waals surface area contributed by atoms with E-state index in [9.17, 15) is 9.90 Å². The predicted molar refractivity (Wildman–Crippen MR) is 138 cm³/mol. The fraction of sp³-hybridized carbons (Fsp3) is 0.538. The van der Waals surface area contributed by atoms with Gasteiger partial charge in [0.2, 0.25) is 5.88 Å². The number of carbonyl (C=O) groups excluding carboxylic acids is 1. The van der Waals surface area contributed by atoms with Gasteiger partial charge in [-0.1, -0.05) is 19.8 Å². The molecule has 2 aromatic rings. The number of rotatable bonds is 10. The number of Topliss-reactive ketones (excluding diaryl/α,β-unsaturated/α-hetero) is 1. The van der Waals surface area contributed by atoms with E-state index < -0.39 is 5.92 Å². The number of nitrogens with one attached hydrogen (secondary N) is 1. The molecule has 2 aliphatic rings. The third-order valence-corrected chi connectivity index (χ3v) is 7.55. The fourth-order valence-corrected chi connectivity index (χ4v) is 5.41. The molecule has 0 bridgehead atoms. The van der Waals surface area contributed by atoms with Crippen LogP contribution in [0.1, 0.15) is 64.1 Å². The molecule has 1 aliphatic carbocycles. The molecule has 2 N–H and O–H groups in total. The van der Waals surface area contributed by atoms with Crippen LogP contribution in [-0.4, -0.2) is 67.7 Å². The summed E-state index contributed by atoms with van der Waals surface area (Å²) in [5, 5.41) is 21.2. The average molecular weight is 511 g/mol. The molecular weight excluding hydrogens is 476 g/mol. The normalized spacial score (nSPS) is 21.3. The number of likely N-dealkylation sites (N-methyl/N-ethyl adjacent to an activating group) is 1. The molecule has 4 rings (SSSR count). The van der Waals surface area contributed by atoms with Crippen molar-refractivity contribution >= 4 is 29.0 Å². The lowest BCUT2D eigenvalue weighted by atomic mass is 9.81. The molecule has 1 saturated heterocycles. The highest BCUT2D eigenvalue weighted by atomic mass is 32.2. The summed E-state index contributed by atoms with van der Waals surface area (Å²) in [6.07, 6.45) is 9.59. The van der Waals surface area contributed by atoms with Crippen LogP contribution in [0, 0.1) is 11.3 Å². The van der Waals surface area contributed by atoms with Crippen molar-refractivity contribution in [3.8, 4) is 5.88 Å². The SMILES string of the molecule is CCC/C(C(=N)[C@H]1CCCCC1=O)=C(/O)c1nc(OC[C@@H]2CCCN2C)cc(Sc2ncccn2)n1. The number of aromatic nitrogens is 4. The fourth-order valence-electron chi connectivity index (χ4n) is 4.70. The number of carbonyl (C=O) groups is 1. The molecule has 9 nitrogen and oxygen atoms in total. The summed E-state index contributed by atoms with van der Waals surface area (Å²) >= 11 is 1.25. The molecule has 0 aromatic carbocycles. The van der Waals surface area contributed by atoms with Crippen molar-refractivity contribution in [2.24, 2.45) is 5.92 Å². The van der Waals surface area contributed by atoms with Crippen LogP contribution >= 0.6 is 11.8 Å². The number of ether oxygens (including phenoxy) is 1.